The number of nitrogens with one attached hydrogen (secondary N) is 2. The molecule has 0 aromatic heterocycles. The molecule has 0 saturated heterocycles. The highest BCUT2D eigenvalue weighted by molar-refractivity contribution is 7.89. The normalized spacial score (nSPS) is 12.3. The van der Waals surface area contributed by atoms with Crippen molar-refractivity contribution in [2.75, 3.05) is 13.1 Å². The lowest BCUT2D eigenvalue weighted by Crippen LogP contribution is -2.37. The van der Waals surface area contributed by atoms with E-state index < -0.39 is 28.0 Å². The minimum absolute atomic E-state index is 0.00559. The van der Waals surface area contributed by atoms with Crippen LogP contribution >= 0.6 is 0 Å². The average Bonchev–Trinajstić information content (AvgIpc) is 2.59. The molecule has 0 aliphatic heterocycles. The van der Waals surface area contributed by atoms with Crippen molar-refractivity contribution in [2.24, 2.45) is 5.92 Å². The van der Waals surface area contributed by atoms with Crippen LogP contribution in [0.4, 0.5) is 0 Å². The largest absolute Gasteiger partial charge is 0.449 e. The van der Waals surface area contributed by atoms with Gasteiger partial charge in [-0.3, -0.25) is 4.79 Å². The van der Waals surface area contributed by atoms with E-state index in [1.54, 1.807) is 0 Å². The van der Waals surface area contributed by atoms with Crippen LogP contribution in [0.1, 0.15) is 37.6 Å². The number of nitriles is 1. The minimum atomic E-state index is -3.74. The van der Waals surface area contributed by atoms with Gasteiger partial charge in [0.15, 0.2) is 6.10 Å². The van der Waals surface area contributed by atoms with E-state index in [1.807, 2.05) is 19.9 Å². The van der Waals surface area contributed by atoms with Crippen LogP contribution in [0.5, 0.6) is 0 Å². The van der Waals surface area contributed by atoms with Crippen molar-refractivity contribution in [3.05, 3.63) is 29.8 Å². The molecule has 0 heterocycles. The summed E-state index contributed by atoms with van der Waals surface area (Å²) in [7, 11) is -3.74. The summed E-state index contributed by atoms with van der Waals surface area (Å²) in [5.41, 5.74) is 0.129. The Kier molecular flexibility index (Phi) is 8.22. The summed E-state index contributed by atoms with van der Waals surface area (Å²) in [5, 5.41) is 11.1. The number of carbonyl (C=O) groups excluding carboxylic acids is 2. The van der Waals surface area contributed by atoms with Gasteiger partial charge in [0.25, 0.3) is 5.91 Å². The quantitative estimate of drug-likeness (QED) is 0.489. The molecular weight excluding hydrogens is 358 g/mol. The zero-order valence-electron chi connectivity index (χ0n) is 15.0. The molecular formula is C17H23N3O5S. The molecule has 1 amide bonds. The third kappa shape index (κ3) is 6.82. The van der Waals surface area contributed by atoms with Gasteiger partial charge in [-0.15, -0.1) is 0 Å². The number of nitrogens with zero attached hydrogens (tertiary/aromatic N) is 1. The highest BCUT2D eigenvalue weighted by Crippen LogP contribution is 2.12. The Morgan fingerprint density at radius 1 is 1.19 bits per heavy atom. The van der Waals surface area contributed by atoms with Crippen LogP contribution in [0.15, 0.2) is 29.2 Å². The second-order valence-electron chi connectivity index (χ2n) is 6.02. The zero-order chi connectivity index (χ0) is 19.7. The van der Waals surface area contributed by atoms with Crippen LogP contribution in [0, 0.1) is 17.2 Å². The van der Waals surface area contributed by atoms with E-state index >= 15 is 0 Å². The number of carbonyl (C=O) groups is 2. The number of hydrogen-bond acceptors (Lipinski definition) is 6. The highest BCUT2D eigenvalue weighted by atomic mass is 32.2. The monoisotopic (exact) mass is 381 g/mol. The van der Waals surface area contributed by atoms with E-state index in [1.165, 1.54) is 31.2 Å². The average molecular weight is 381 g/mol. The van der Waals surface area contributed by atoms with Crippen LogP contribution in [-0.2, 0) is 19.6 Å². The van der Waals surface area contributed by atoms with E-state index in [0.29, 0.717) is 6.54 Å². The Morgan fingerprint density at radius 2 is 1.81 bits per heavy atom. The molecule has 1 atom stereocenters. The van der Waals surface area contributed by atoms with Crippen LogP contribution < -0.4 is 10.0 Å². The fourth-order valence-electron chi connectivity index (χ4n) is 1.83. The van der Waals surface area contributed by atoms with E-state index in [-0.39, 0.29) is 29.3 Å². The van der Waals surface area contributed by atoms with Gasteiger partial charge in [0, 0.05) is 19.5 Å². The van der Waals surface area contributed by atoms with Crippen LogP contribution in [0.3, 0.4) is 0 Å². The molecule has 9 heteroatoms. The maximum absolute atomic E-state index is 12.1. The van der Waals surface area contributed by atoms with Crippen molar-refractivity contribution >= 4 is 21.9 Å². The molecule has 0 radical (unpaired) electrons. The summed E-state index contributed by atoms with van der Waals surface area (Å²) in [4.78, 5) is 23.9. The predicted molar refractivity (Wildman–Crippen MR) is 94.6 cm³/mol. The topological polar surface area (TPSA) is 125 Å². The van der Waals surface area contributed by atoms with Crippen LogP contribution in [0.2, 0.25) is 0 Å². The van der Waals surface area contributed by atoms with Gasteiger partial charge < -0.3 is 10.1 Å². The maximum Gasteiger partial charge on any atom is 0.338 e. The minimum Gasteiger partial charge on any atom is -0.449 e. The molecule has 0 bridgehead atoms. The van der Waals surface area contributed by atoms with Crippen molar-refractivity contribution in [3.8, 4) is 6.07 Å². The third-order valence-electron chi connectivity index (χ3n) is 3.27. The molecule has 8 nitrogen and oxygen atoms in total. The number of sulfonamides is 1. The molecule has 1 aromatic carbocycles. The van der Waals surface area contributed by atoms with Crippen molar-refractivity contribution < 1.29 is 22.7 Å². The van der Waals surface area contributed by atoms with Crippen molar-refractivity contribution in [2.45, 2.75) is 38.2 Å². The van der Waals surface area contributed by atoms with Crippen LogP contribution in [-0.4, -0.2) is 39.5 Å². The fourth-order valence-corrected chi connectivity index (χ4v) is 2.86. The second-order valence-corrected chi connectivity index (χ2v) is 7.78. The maximum atomic E-state index is 12.1. The number of hydrogen-bond donors (Lipinski definition) is 2. The Morgan fingerprint density at radius 3 is 2.35 bits per heavy atom. The van der Waals surface area contributed by atoms with Gasteiger partial charge in [0.2, 0.25) is 10.0 Å². The van der Waals surface area contributed by atoms with Gasteiger partial charge in [-0.2, -0.15) is 5.26 Å². The molecule has 0 fully saturated rings. The molecule has 2 N–H and O–H groups in total. The summed E-state index contributed by atoms with van der Waals surface area (Å²) in [6.45, 7) is 5.84. The molecule has 1 aromatic rings. The van der Waals surface area contributed by atoms with Gasteiger partial charge in [-0.1, -0.05) is 13.8 Å². The van der Waals surface area contributed by atoms with Gasteiger partial charge in [-0.05, 0) is 37.1 Å². The van der Waals surface area contributed by atoms with Gasteiger partial charge in [-0.25, -0.2) is 17.9 Å². The van der Waals surface area contributed by atoms with Gasteiger partial charge >= 0.3 is 5.97 Å². The summed E-state index contributed by atoms with van der Waals surface area (Å²) < 4.78 is 31.3. The molecule has 142 valence electrons. The van der Waals surface area contributed by atoms with E-state index in [9.17, 15) is 18.0 Å². The fraction of sp³-hybridized carbons (Fsp3) is 0.471. The summed E-state index contributed by atoms with van der Waals surface area (Å²) in [5.74, 6) is -0.843. The van der Waals surface area contributed by atoms with E-state index in [0.717, 1.165) is 0 Å². The van der Waals surface area contributed by atoms with Crippen molar-refractivity contribution in [1.82, 2.24) is 10.0 Å². The van der Waals surface area contributed by atoms with Crippen LogP contribution in [0.25, 0.3) is 0 Å². The number of esters is 1. The van der Waals surface area contributed by atoms with E-state index in [4.69, 9.17) is 10.00 Å². The zero-order valence-corrected chi connectivity index (χ0v) is 15.8. The first-order valence-corrected chi connectivity index (χ1v) is 9.61. The lowest BCUT2D eigenvalue weighted by molar-refractivity contribution is -0.129. The summed E-state index contributed by atoms with van der Waals surface area (Å²) in [6, 6.07) is 6.97. The molecule has 0 spiro atoms. The standard InChI is InChI=1S/C17H23N3O5S/c1-12(2)11-19-16(21)13(3)25-17(22)14-5-7-15(8-6-14)26(23,24)20-10-4-9-18/h5-8,12-13,20H,4,10-11H2,1-3H3,(H,19,21)/t13-/m1/s1. The number of ether oxygens (including phenoxy) is 1. The smallest absolute Gasteiger partial charge is 0.338 e. The van der Waals surface area contributed by atoms with Crippen molar-refractivity contribution in [1.29, 1.82) is 5.26 Å². The lowest BCUT2D eigenvalue weighted by Gasteiger charge is -2.14. The molecule has 0 aliphatic carbocycles. The molecule has 0 unspecified atom stereocenters. The second kappa shape index (κ2) is 9.89. The Balaban J connectivity index is 2.69. The van der Waals surface area contributed by atoms with Gasteiger partial charge in [0.05, 0.1) is 16.5 Å². The number of benzene rings is 1. The first-order chi connectivity index (χ1) is 12.2. The SMILES string of the molecule is CC(C)CNC(=O)[C@@H](C)OC(=O)c1ccc(S(=O)(=O)NCCC#N)cc1. The number of rotatable bonds is 9. The molecule has 0 aliphatic rings. The highest BCUT2D eigenvalue weighted by Gasteiger charge is 2.20. The Bertz CT molecular complexity index is 767. The Labute approximate surface area is 153 Å². The lowest BCUT2D eigenvalue weighted by atomic mass is 10.2. The molecule has 1 rings (SSSR count). The van der Waals surface area contributed by atoms with Crippen molar-refractivity contribution in [3.63, 3.8) is 0 Å². The summed E-state index contributed by atoms with van der Waals surface area (Å²) in [6.07, 6.45) is -0.905. The third-order valence-corrected chi connectivity index (χ3v) is 4.74. The predicted octanol–water partition coefficient (Wildman–Crippen LogP) is 1.20. The summed E-state index contributed by atoms with van der Waals surface area (Å²) >= 11 is 0. The molecule has 26 heavy (non-hydrogen) atoms. The first-order valence-electron chi connectivity index (χ1n) is 8.12. The van der Waals surface area contributed by atoms with Gasteiger partial charge in [0.1, 0.15) is 0 Å². The first kappa shape index (κ1) is 21.6. The Hall–Kier alpha value is -2.44. The van der Waals surface area contributed by atoms with E-state index in [2.05, 4.69) is 10.0 Å². The number of amides is 1. The molecule has 0 saturated carbocycles.